The van der Waals surface area contributed by atoms with Crippen LogP contribution in [0.1, 0.15) is 40.3 Å². The highest BCUT2D eigenvalue weighted by molar-refractivity contribution is 6.13. The third kappa shape index (κ3) is 5.90. The van der Waals surface area contributed by atoms with E-state index in [1.165, 1.54) is 4.90 Å². The molecule has 1 fully saturated rings. The van der Waals surface area contributed by atoms with Crippen molar-refractivity contribution < 1.29 is 24.2 Å². The zero-order chi connectivity index (χ0) is 27.8. The van der Waals surface area contributed by atoms with Gasteiger partial charge in [-0.05, 0) is 52.7 Å². The first kappa shape index (κ1) is 26.6. The number of carbonyl (C=O) groups is 3. The van der Waals surface area contributed by atoms with Crippen LogP contribution in [0.3, 0.4) is 0 Å². The van der Waals surface area contributed by atoms with Crippen LogP contribution in [0.25, 0.3) is 22.2 Å². The van der Waals surface area contributed by atoms with E-state index in [0.29, 0.717) is 22.8 Å². The Morgan fingerprint density at radius 1 is 1.18 bits per heavy atom. The number of aliphatic hydroxyl groups is 1. The van der Waals surface area contributed by atoms with E-state index < -0.39 is 29.2 Å². The molecule has 0 aromatic carbocycles. The Hall–Kier alpha value is -4.50. The molecule has 0 bridgehead atoms. The van der Waals surface area contributed by atoms with Gasteiger partial charge in [0.1, 0.15) is 23.4 Å². The molecular weight excluding hydrogens is 490 g/mol. The van der Waals surface area contributed by atoms with Crippen molar-refractivity contribution in [1.82, 2.24) is 29.3 Å². The fraction of sp³-hybridized carbons (Fsp3) is 0.385. The van der Waals surface area contributed by atoms with Gasteiger partial charge in [0, 0.05) is 36.4 Å². The molecule has 4 heterocycles. The van der Waals surface area contributed by atoms with Crippen molar-refractivity contribution in [2.75, 3.05) is 18.8 Å². The van der Waals surface area contributed by atoms with Crippen LogP contribution >= 0.6 is 0 Å². The molecule has 0 spiro atoms. The molecule has 12 heteroatoms. The van der Waals surface area contributed by atoms with Crippen molar-refractivity contribution >= 4 is 34.9 Å². The number of imide groups is 3. The Balaban J connectivity index is 1.64. The summed E-state index contributed by atoms with van der Waals surface area (Å²) < 4.78 is 7.07. The van der Waals surface area contributed by atoms with Gasteiger partial charge < -0.3 is 25.0 Å². The lowest BCUT2D eigenvalue weighted by Crippen LogP contribution is -2.42. The van der Waals surface area contributed by atoms with E-state index in [9.17, 15) is 19.5 Å². The van der Waals surface area contributed by atoms with Crippen LogP contribution in [0.2, 0.25) is 0 Å². The maximum atomic E-state index is 12.8. The number of hydrogen-bond acceptors (Lipinski definition) is 9. The number of urea groups is 1. The largest absolute Gasteiger partial charge is 0.443 e. The molecule has 0 saturated carbocycles. The van der Waals surface area contributed by atoms with Crippen LogP contribution in [0, 0.1) is 11.8 Å². The number of amides is 4. The van der Waals surface area contributed by atoms with Crippen molar-refractivity contribution in [3.63, 3.8) is 0 Å². The maximum Gasteiger partial charge on any atom is 0.425 e. The second-order valence-electron chi connectivity index (χ2n) is 10.3. The van der Waals surface area contributed by atoms with Gasteiger partial charge in [0.15, 0.2) is 0 Å². The van der Waals surface area contributed by atoms with Crippen LogP contribution in [-0.4, -0.2) is 76.7 Å². The van der Waals surface area contributed by atoms with Gasteiger partial charge >= 0.3 is 12.1 Å². The summed E-state index contributed by atoms with van der Waals surface area (Å²) >= 11 is 0. The Kier molecular flexibility index (Phi) is 6.82. The summed E-state index contributed by atoms with van der Waals surface area (Å²) in [5.41, 5.74) is 6.28. The molecule has 0 aliphatic carbocycles. The summed E-state index contributed by atoms with van der Waals surface area (Å²) in [5, 5.41) is 10.7. The first-order valence-electron chi connectivity index (χ1n) is 11.9. The van der Waals surface area contributed by atoms with Gasteiger partial charge in [0.2, 0.25) is 5.95 Å². The van der Waals surface area contributed by atoms with Crippen molar-refractivity contribution in [2.45, 2.75) is 52.4 Å². The molecule has 0 atom stereocenters. The van der Waals surface area contributed by atoms with E-state index in [1.807, 2.05) is 10.8 Å². The molecule has 1 aliphatic rings. The van der Waals surface area contributed by atoms with Crippen LogP contribution < -0.4 is 5.73 Å². The summed E-state index contributed by atoms with van der Waals surface area (Å²) in [7, 11) is 0. The van der Waals surface area contributed by atoms with E-state index in [0.717, 1.165) is 16.5 Å². The van der Waals surface area contributed by atoms with Crippen molar-refractivity contribution in [3.05, 3.63) is 36.4 Å². The lowest BCUT2D eigenvalue weighted by molar-refractivity contribution is -0.124. The van der Waals surface area contributed by atoms with Gasteiger partial charge in [0.25, 0.3) is 5.91 Å². The number of nitrogens with zero attached hydrogens (tertiary/aromatic N) is 6. The van der Waals surface area contributed by atoms with Gasteiger partial charge in [-0.15, -0.1) is 0 Å². The molecule has 4 amide bonds. The molecule has 0 radical (unpaired) electrons. The molecule has 3 N–H and O–H groups in total. The Morgan fingerprint density at radius 3 is 2.58 bits per heavy atom. The lowest BCUT2D eigenvalue weighted by atomic mass is 10.1. The Labute approximate surface area is 219 Å². The van der Waals surface area contributed by atoms with Crippen LogP contribution in [0.4, 0.5) is 15.5 Å². The first-order chi connectivity index (χ1) is 17.7. The number of anilines is 1. The number of carbonyl (C=O) groups excluding carboxylic acids is 3. The number of aromatic nitrogens is 4. The molecule has 4 rings (SSSR count). The lowest BCUT2D eigenvalue weighted by Gasteiger charge is -2.22. The van der Waals surface area contributed by atoms with E-state index in [2.05, 4.69) is 26.8 Å². The minimum absolute atomic E-state index is 0.114. The average molecular weight is 520 g/mol. The number of nitrogen functional groups attached to an aromatic ring is 1. The fourth-order valence-electron chi connectivity index (χ4n) is 3.83. The van der Waals surface area contributed by atoms with Gasteiger partial charge in [-0.3, -0.25) is 4.79 Å². The van der Waals surface area contributed by atoms with Crippen LogP contribution in [0.5, 0.6) is 0 Å². The normalized spacial score (nSPS) is 14.2. The highest BCUT2D eigenvalue weighted by atomic mass is 16.6. The monoisotopic (exact) mass is 519 g/mol. The minimum Gasteiger partial charge on any atom is -0.443 e. The highest BCUT2D eigenvalue weighted by Crippen LogP contribution is 2.30. The second-order valence-corrected chi connectivity index (χ2v) is 10.3. The number of rotatable bonds is 4. The molecule has 3 aromatic rings. The van der Waals surface area contributed by atoms with Gasteiger partial charge in [-0.2, -0.15) is 4.90 Å². The van der Waals surface area contributed by atoms with E-state index in [-0.39, 0.29) is 19.0 Å². The predicted molar refractivity (Wildman–Crippen MR) is 138 cm³/mol. The molecule has 3 aromatic heterocycles. The van der Waals surface area contributed by atoms with Crippen molar-refractivity contribution in [3.8, 4) is 23.1 Å². The van der Waals surface area contributed by atoms with Crippen LogP contribution in [-0.2, 0) is 16.1 Å². The smallest absolute Gasteiger partial charge is 0.425 e. The quantitative estimate of drug-likeness (QED) is 0.390. The predicted octanol–water partition coefficient (Wildman–Crippen LogP) is 2.40. The molecule has 0 unspecified atom stereocenters. The SMILES string of the molecule is CC(C)(O)C#Cc1cc2c(-c3ccnc(N)n3)cn(CCN3CC(=O)N(C(=O)OC(C)(C)C)C3=O)c2cn1. The molecule has 1 saturated heterocycles. The zero-order valence-corrected chi connectivity index (χ0v) is 21.8. The minimum atomic E-state index is -1.18. The van der Waals surface area contributed by atoms with Crippen molar-refractivity contribution in [2.24, 2.45) is 0 Å². The number of ether oxygens (including phenoxy) is 1. The van der Waals surface area contributed by atoms with Gasteiger partial charge in [-0.1, -0.05) is 5.92 Å². The average Bonchev–Trinajstić information content (AvgIpc) is 3.30. The zero-order valence-electron chi connectivity index (χ0n) is 21.8. The molecule has 198 valence electrons. The third-order valence-electron chi connectivity index (χ3n) is 5.44. The summed E-state index contributed by atoms with van der Waals surface area (Å²) in [6.07, 6.45) is 4.04. The highest BCUT2D eigenvalue weighted by Gasteiger charge is 2.42. The molecule has 1 aliphatic heterocycles. The Morgan fingerprint density at radius 2 is 1.92 bits per heavy atom. The summed E-state index contributed by atoms with van der Waals surface area (Å²) in [5.74, 6) is 5.10. The summed E-state index contributed by atoms with van der Waals surface area (Å²) in [4.78, 5) is 52.1. The third-order valence-corrected chi connectivity index (χ3v) is 5.44. The topological polar surface area (TPSA) is 157 Å². The summed E-state index contributed by atoms with van der Waals surface area (Å²) in [6, 6.07) is 2.78. The standard InChI is InChI=1S/C26H29N7O5/c1-25(2,3)38-24(36)33-21(34)15-32(23(33)35)11-10-31-14-18(19-7-9-28-22(27)30-19)17-12-16(29-13-20(17)31)6-8-26(4,5)37/h7,9,12-14,37H,10-11,15H2,1-5H3,(H2,27,28,30). The number of nitrogens with two attached hydrogens (primary N) is 1. The van der Waals surface area contributed by atoms with Crippen molar-refractivity contribution in [1.29, 1.82) is 0 Å². The molecule has 12 nitrogen and oxygen atoms in total. The molecule has 38 heavy (non-hydrogen) atoms. The van der Waals surface area contributed by atoms with E-state index in [4.69, 9.17) is 10.5 Å². The number of fused-ring (bicyclic) bond motifs is 1. The molecular formula is C26H29N7O5. The first-order valence-corrected chi connectivity index (χ1v) is 11.9. The van der Waals surface area contributed by atoms with E-state index >= 15 is 0 Å². The van der Waals surface area contributed by atoms with Crippen LogP contribution in [0.15, 0.2) is 30.7 Å². The number of pyridine rings is 1. The maximum absolute atomic E-state index is 12.8. The van der Waals surface area contributed by atoms with Gasteiger partial charge in [0.05, 0.1) is 17.4 Å². The second kappa shape index (κ2) is 9.75. The summed E-state index contributed by atoms with van der Waals surface area (Å²) in [6.45, 7) is 8.35. The van der Waals surface area contributed by atoms with E-state index in [1.54, 1.807) is 59.1 Å². The Bertz CT molecular complexity index is 1490. The fourth-order valence-corrected chi connectivity index (χ4v) is 3.83. The number of hydrogen-bond donors (Lipinski definition) is 2. The van der Waals surface area contributed by atoms with Gasteiger partial charge in [-0.25, -0.2) is 24.5 Å².